The Morgan fingerprint density at radius 3 is 0.917 bits per heavy atom. The van der Waals surface area contributed by atoms with E-state index >= 15 is 0 Å². The summed E-state index contributed by atoms with van der Waals surface area (Å²) in [5.74, 6) is 0. The summed E-state index contributed by atoms with van der Waals surface area (Å²) in [6.07, 6.45) is 14.0. The van der Waals surface area contributed by atoms with Gasteiger partial charge in [0.05, 0.1) is 22.7 Å². The van der Waals surface area contributed by atoms with Crippen LogP contribution in [0.1, 0.15) is 51.4 Å². The summed E-state index contributed by atoms with van der Waals surface area (Å²) < 4.78 is 0. The highest BCUT2D eigenvalue weighted by atomic mass is 15.2. The van der Waals surface area contributed by atoms with Crippen molar-refractivity contribution in [3.05, 3.63) is 36.4 Å². The molecule has 0 unspecified atom stereocenters. The SMILES string of the molecule is C(C=Nc1c(N2CCCC2)cccc1N1CCCC1)=Nc1c(N2CCCC2)cccc1N1CCCC1. The summed E-state index contributed by atoms with van der Waals surface area (Å²) >= 11 is 0. The van der Waals surface area contributed by atoms with Gasteiger partial charge in [0.2, 0.25) is 0 Å². The van der Waals surface area contributed by atoms with Crippen molar-refractivity contribution in [1.82, 2.24) is 0 Å². The summed E-state index contributed by atoms with van der Waals surface area (Å²) in [6.45, 7) is 9.02. The van der Waals surface area contributed by atoms with E-state index in [0.29, 0.717) is 0 Å². The maximum Gasteiger partial charge on any atom is 0.110 e. The zero-order chi connectivity index (χ0) is 24.2. The van der Waals surface area contributed by atoms with Gasteiger partial charge in [0.25, 0.3) is 0 Å². The van der Waals surface area contributed by atoms with Crippen molar-refractivity contribution in [3.63, 3.8) is 0 Å². The summed E-state index contributed by atoms with van der Waals surface area (Å²) in [5, 5.41) is 0. The van der Waals surface area contributed by atoms with E-state index in [2.05, 4.69) is 56.0 Å². The summed E-state index contributed by atoms with van der Waals surface area (Å²) in [4.78, 5) is 20.2. The van der Waals surface area contributed by atoms with Crippen molar-refractivity contribution < 1.29 is 0 Å². The van der Waals surface area contributed by atoms with E-state index in [1.54, 1.807) is 0 Å². The molecule has 4 aliphatic heterocycles. The fourth-order valence-corrected chi connectivity index (χ4v) is 6.37. The van der Waals surface area contributed by atoms with Gasteiger partial charge in [-0.05, 0) is 75.6 Å². The topological polar surface area (TPSA) is 37.7 Å². The minimum Gasteiger partial charge on any atom is -0.370 e. The molecule has 4 fully saturated rings. The van der Waals surface area contributed by atoms with Gasteiger partial charge < -0.3 is 19.6 Å². The van der Waals surface area contributed by atoms with E-state index in [1.807, 2.05) is 12.4 Å². The lowest BCUT2D eigenvalue weighted by molar-refractivity contribution is 0.949. The first-order chi connectivity index (χ1) is 17.9. The Kier molecular flexibility index (Phi) is 7.10. The highest BCUT2D eigenvalue weighted by Crippen LogP contribution is 2.42. The number of hydrogen-bond donors (Lipinski definition) is 0. The first-order valence-corrected chi connectivity index (χ1v) is 14.2. The van der Waals surface area contributed by atoms with Gasteiger partial charge >= 0.3 is 0 Å². The van der Waals surface area contributed by atoms with Crippen LogP contribution in [0, 0.1) is 0 Å². The van der Waals surface area contributed by atoms with Crippen LogP contribution >= 0.6 is 0 Å². The Morgan fingerprint density at radius 2 is 0.667 bits per heavy atom. The number of anilines is 4. The Labute approximate surface area is 216 Å². The number of rotatable bonds is 7. The predicted molar refractivity (Wildman–Crippen MR) is 155 cm³/mol. The lowest BCUT2D eigenvalue weighted by atomic mass is 10.2. The molecule has 2 aromatic carbocycles. The van der Waals surface area contributed by atoms with Crippen molar-refractivity contribution in [2.45, 2.75) is 51.4 Å². The van der Waals surface area contributed by atoms with Crippen molar-refractivity contribution in [2.24, 2.45) is 9.98 Å². The standard InChI is InChI=1S/C30H40N6/c1-2-18-33(17-1)25-11-9-12-26(34-19-3-4-20-34)29(25)31-15-16-32-30-27(35-21-5-6-22-35)13-10-14-28(30)36-23-7-8-24-36/h9-16H,1-8,17-24H2. The van der Waals surface area contributed by atoms with Gasteiger partial charge in [-0.1, -0.05) is 12.1 Å². The molecule has 6 nitrogen and oxygen atoms in total. The minimum absolute atomic E-state index is 1.11. The second kappa shape index (κ2) is 10.9. The molecule has 0 spiro atoms. The molecule has 0 aromatic heterocycles. The molecule has 0 radical (unpaired) electrons. The number of aliphatic imine (C=N–C) groups is 2. The number of nitrogens with zero attached hydrogens (tertiary/aromatic N) is 6. The average molecular weight is 485 g/mol. The molecule has 4 heterocycles. The molecule has 6 rings (SSSR count). The van der Waals surface area contributed by atoms with Gasteiger partial charge in [0.1, 0.15) is 11.4 Å². The normalized spacial score (nSPS) is 20.8. The quantitative estimate of drug-likeness (QED) is 0.439. The third-order valence-electron chi connectivity index (χ3n) is 8.25. The molecule has 0 saturated carbocycles. The molecule has 36 heavy (non-hydrogen) atoms. The van der Waals surface area contributed by atoms with Crippen LogP contribution in [-0.4, -0.2) is 64.8 Å². The molecule has 0 N–H and O–H groups in total. The zero-order valence-corrected chi connectivity index (χ0v) is 21.6. The van der Waals surface area contributed by atoms with Gasteiger partial charge in [-0.25, -0.2) is 0 Å². The fraction of sp³-hybridized carbons (Fsp3) is 0.533. The smallest absolute Gasteiger partial charge is 0.110 e. The summed E-state index contributed by atoms with van der Waals surface area (Å²) in [5.41, 5.74) is 7.32. The highest BCUT2D eigenvalue weighted by Gasteiger charge is 2.23. The molecule has 4 saturated heterocycles. The van der Waals surface area contributed by atoms with E-state index in [1.165, 1.54) is 74.1 Å². The summed E-state index contributed by atoms with van der Waals surface area (Å²) in [6, 6.07) is 13.4. The van der Waals surface area contributed by atoms with E-state index in [-0.39, 0.29) is 0 Å². The average Bonchev–Trinajstić information content (AvgIpc) is 3.73. The molecule has 2 aromatic rings. The minimum atomic E-state index is 1.11. The van der Waals surface area contributed by atoms with Gasteiger partial charge in [-0.3, -0.25) is 9.98 Å². The van der Waals surface area contributed by atoms with Crippen molar-refractivity contribution in [1.29, 1.82) is 0 Å². The van der Waals surface area contributed by atoms with Gasteiger partial charge in [0.15, 0.2) is 0 Å². The third kappa shape index (κ3) is 4.82. The van der Waals surface area contributed by atoms with E-state index in [9.17, 15) is 0 Å². The van der Waals surface area contributed by atoms with Crippen LogP contribution in [0.4, 0.5) is 34.1 Å². The Morgan fingerprint density at radius 1 is 0.417 bits per heavy atom. The van der Waals surface area contributed by atoms with E-state index in [0.717, 1.165) is 63.7 Å². The van der Waals surface area contributed by atoms with Gasteiger partial charge in [-0.15, -0.1) is 0 Å². The first-order valence-electron chi connectivity index (χ1n) is 14.2. The molecule has 0 bridgehead atoms. The van der Waals surface area contributed by atoms with Gasteiger partial charge in [0, 0.05) is 64.8 Å². The predicted octanol–water partition coefficient (Wildman–Crippen LogP) is 6.19. The maximum atomic E-state index is 5.08. The maximum absolute atomic E-state index is 5.08. The number of hydrogen-bond acceptors (Lipinski definition) is 6. The first kappa shape index (κ1) is 23.4. The molecular weight excluding hydrogens is 444 g/mol. The number of para-hydroxylation sites is 2. The summed E-state index contributed by atoms with van der Waals surface area (Å²) in [7, 11) is 0. The van der Waals surface area contributed by atoms with Crippen molar-refractivity contribution >= 4 is 46.6 Å². The Hall–Kier alpha value is -3.02. The van der Waals surface area contributed by atoms with E-state index in [4.69, 9.17) is 9.98 Å². The van der Waals surface area contributed by atoms with Crippen LogP contribution in [0.2, 0.25) is 0 Å². The van der Waals surface area contributed by atoms with Crippen LogP contribution in [-0.2, 0) is 0 Å². The molecule has 190 valence electrons. The second-order valence-electron chi connectivity index (χ2n) is 10.6. The molecular formula is C30H40N6. The van der Waals surface area contributed by atoms with Crippen LogP contribution < -0.4 is 19.6 Å². The number of benzene rings is 2. The van der Waals surface area contributed by atoms with Crippen LogP contribution in [0.5, 0.6) is 0 Å². The molecule has 0 aliphatic carbocycles. The lowest BCUT2D eigenvalue weighted by Gasteiger charge is -2.26. The second-order valence-corrected chi connectivity index (χ2v) is 10.6. The van der Waals surface area contributed by atoms with E-state index < -0.39 is 0 Å². The van der Waals surface area contributed by atoms with Crippen LogP contribution in [0.25, 0.3) is 0 Å². The molecule has 4 aliphatic rings. The third-order valence-corrected chi connectivity index (χ3v) is 8.25. The lowest BCUT2D eigenvalue weighted by Crippen LogP contribution is -2.21. The van der Waals surface area contributed by atoms with Crippen LogP contribution in [0.15, 0.2) is 46.4 Å². The monoisotopic (exact) mass is 484 g/mol. The molecule has 0 atom stereocenters. The van der Waals surface area contributed by atoms with Crippen LogP contribution in [0.3, 0.4) is 0 Å². The Balaban J connectivity index is 1.33. The Bertz CT molecular complexity index is 929. The largest absolute Gasteiger partial charge is 0.370 e. The molecule has 6 heteroatoms. The van der Waals surface area contributed by atoms with Crippen molar-refractivity contribution in [3.8, 4) is 0 Å². The zero-order valence-electron chi connectivity index (χ0n) is 21.6. The van der Waals surface area contributed by atoms with Crippen molar-refractivity contribution in [2.75, 3.05) is 72.0 Å². The fourth-order valence-electron chi connectivity index (χ4n) is 6.37. The highest BCUT2D eigenvalue weighted by molar-refractivity contribution is 6.18. The molecule has 0 amide bonds. The van der Waals surface area contributed by atoms with Gasteiger partial charge in [-0.2, -0.15) is 0 Å².